The molecule has 0 amide bonds. The Balaban J connectivity index is 1.61. The number of halogens is 3. The highest BCUT2D eigenvalue weighted by Gasteiger charge is 2.31. The third-order valence-electron chi connectivity index (χ3n) is 6.36. The maximum Gasteiger partial charge on any atom is 0.416 e. The standard InChI is InChI=1S/C26H25F3N4O2/c1-18-5-2-9-22(17-31-11-13-35-14-12-31)32(18)23-10-3-6-19-16-30-33(25(34)24(19)23)21-8-4-7-20(15-21)26(27,28)29/h2-10,15-16,18H,11-14,17H2,1H3. The Morgan fingerprint density at radius 1 is 1.11 bits per heavy atom. The van der Waals surface area contributed by atoms with Crippen molar-refractivity contribution in [2.45, 2.75) is 19.1 Å². The second-order valence-electron chi connectivity index (χ2n) is 8.69. The van der Waals surface area contributed by atoms with Gasteiger partial charge in [-0.05, 0) is 37.3 Å². The zero-order valence-electron chi connectivity index (χ0n) is 19.2. The number of ether oxygens (including phenoxy) is 1. The number of hydrogen-bond donors (Lipinski definition) is 0. The van der Waals surface area contributed by atoms with Crippen molar-refractivity contribution in [3.05, 3.63) is 88.5 Å². The first-order chi connectivity index (χ1) is 16.8. The van der Waals surface area contributed by atoms with Crippen molar-refractivity contribution in [3.8, 4) is 5.69 Å². The van der Waals surface area contributed by atoms with E-state index in [0.29, 0.717) is 36.2 Å². The summed E-state index contributed by atoms with van der Waals surface area (Å²) in [5.41, 5.74) is 0.507. The van der Waals surface area contributed by atoms with Crippen LogP contribution in [0.1, 0.15) is 12.5 Å². The molecular formula is C26H25F3N4O2. The summed E-state index contributed by atoms with van der Waals surface area (Å²) in [5.74, 6) is 0. The molecule has 0 bridgehead atoms. The molecule has 1 unspecified atom stereocenters. The first-order valence-electron chi connectivity index (χ1n) is 11.5. The molecule has 0 spiro atoms. The maximum absolute atomic E-state index is 13.7. The van der Waals surface area contributed by atoms with E-state index in [2.05, 4.69) is 14.9 Å². The molecule has 9 heteroatoms. The summed E-state index contributed by atoms with van der Waals surface area (Å²) >= 11 is 0. The quantitative estimate of drug-likeness (QED) is 0.552. The summed E-state index contributed by atoms with van der Waals surface area (Å²) in [5, 5.41) is 5.23. The summed E-state index contributed by atoms with van der Waals surface area (Å²) in [7, 11) is 0. The van der Waals surface area contributed by atoms with Crippen LogP contribution < -0.4 is 10.5 Å². The lowest BCUT2D eigenvalue weighted by molar-refractivity contribution is -0.137. The van der Waals surface area contributed by atoms with Crippen LogP contribution in [0.2, 0.25) is 0 Å². The minimum absolute atomic E-state index is 0.0174. The summed E-state index contributed by atoms with van der Waals surface area (Å²) in [6.45, 7) is 5.76. The van der Waals surface area contributed by atoms with Gasteiger partial charge in [-0.25, -0.2) is 0 Å². The Morgan fingerprint density at radius 2 is 1.89 bits per heavy atom. The van der Waals surface area contributed by atoms with Gasteiger partial charge < -0.3 is 9.64 Å². The van der Waals surface area contributed by atoms with E-state index in [0.717, 1.165) is 35.6 Å². The molecule has 1 fully saturated rings. The lowest BCUT2D eigenvalue weighted by Crippen LogP contribution is -2.43. The Kier molecular flexibility index (Phi) is 6.21. The molecule has 2 aliphatic rings. The first kappa shape index (κ1) is 23.3. The van der Waals surface area contributed by atoms with Crippen LogP contribution in [-0.2, 0) is 10.9 Å². The third-order valence-corrected chi connectivity index (χ3v) is 6.36. The van der Waals surface area contributed by atoms with E-state index < -0.39 is 17.3 Å². The number of hydrogen-bond acceptors (Lipinski definition) is 5. The molecule has 35 heavy (non-hydrogen) atoms. The van der Waals surface area contributed by atoms with Gasteiger partial charge in [0.25, 0.3) is 5.56 Å². The molecule has 1 aromatic heterocycles. The maximum atomic E-state index is 13.7. The normalized spacial score (nSPS) is 19.3. The second-order valence-corrected chi connectivity index (χ2v) is 8.69. The van der Waals surface area contributed by atoms with Gasteiger partial charge in [-0.2, -0.15) is 23.0 Å². The van der Waals surface area contributed by atoms with E-state index in [1.54, 1.807) is 6.07 Å². The van der Waals surface area contributed by atoms with Crippen molar-refractivity contribution >= 4 is 16.5 Å². The summed E-state index contributed by atoms with van der Waals surface area (Å²) < 4.78 is 46.4. The van der Waals surface area contributed by atoms with Crippen LogP contribution in [-0.4, -0.2) is 53.6 Å². The van der Waals surface area contributed by atoms with Crippen molar-refractivity contribution in [3.63, 3.8) is 0 Å². The number of morpholine rings is 1. The second kappa shape index (κ2) is 9.31. The molecule has 3 heterocycles. The van der Waals surface area contributed by atoms with Crippen molar-refractivity contribution in [2.24, 2.45) is 0 Å². The van der Waals surface area contributed by atoms with Gasteiger partial charge in [-0.3, -0.25) is 9.69 Å². The number of benzene rings is 2. The minimum atomic E-state index is -4.52. The number of alkyl halides is 3. The highest BCUT2D eigenvalue weighted by molar-refractivity contribution is 5.94. The third kappa shape index (κ3) is 4.61. The highest BCUT2D eigenvalue weighted by atomic mass is 19.4. The Labute approximate surface area is 200 Å². The van der Waals surface area contributed by atoms with Gasteiger partial charge in [0.1, 0.15) is 0 Å². The zero-order valence-corrected chi connectivity index (χ0v) is 19.2. The lowest BCUT2D eigenvalue weighted by Gasteiger charge is -2.37. The van der Waals surface area contributed by atoms with Crippen molar-refractivity contribution in [1.82, 2.24) is 14.7 Å². The number of rotatable bonds is 4. The van der Waals surface area contributed by atoms with Crippen molar-refractivity contribution in [1.29, 1.82) is 0 Å². The fourth-order valence-corrected chi connectivity index (χ4v) is 4.62. The van der Waals surface area contributed by atoms with Crippen LogP contribution in [0.4, 0.5) is 18.9 Å². The predicted octanol–water partition coefficient (Wildman–Crippen LogP) is 4.39. The van der Waals surface area contributed by atoms with E-state index in [1.165, 1.54) is 18.3 Å². The van der Waals surface area contributed by atoms with Gasteiger partial charge in [0.05, 0.1) is 41.7 Å². The van der Waals surface area contributed by atoms with Gasteiger partial charge in [0, 0.05) is 36.8 Å². The molecule has 182 valence electrons. The van der Waals surface area contributed by atoms with Gasteiger partial charge >= 0.3 is 6.18 Å². The smallest absolute Gasteiger partial charge is 0.379 e. The molecule has 0 radical (unpaired) electrons. The van der Waals surface area contributed by atoms with Crippen LogP contribution in [0.5, 0.6) is 0 Å². The number of fused-ring (bicyclic) bond motifs is 1. The minimum Gasteiger partial charge on any atom is -0.379 e. The fourth-order valence-electron chi connectivity index (χ4n) is 4.62. The summed E-state index contributed by atoms with van der Waals surface area (Å²) in [6.07, 6.45) is 3.12. The molecule has 1 atom stereocenters. The summed E-state index contributed by atoms with van der Waals surface area (Å²) in [6, 6.07) is 10.2. The average molecular weight is 483 g/mol. The Morgan fingerprint density at radius 3 is 2.66 bits per heavy atom. The van der Waals surface area contributed by atoms with Gasteiger partial charge in [0.2, 0.25) is 0 Å². The van der Waals surface area contributed by atoms with Gasteiger partial charge in [-0.15, -0.1) is 0 Å². The topological polar surface area (TPSA) is 50.6 Å². The van der Waals surface area contributed by atoms with Crippen LogP contribution in [0.25, 0.3) is 16.5 Å². The molecule has 0 N–H and O–H groups in total. The van der Waals surface area contributed by atoms with Crippen molar-refractivity contribution < 1.29 is 17.9 Å². The molecule has 5 rings (SSSR count). The monoisotopic (exact) mass is 482 g/mol. The molecule has 0 aliphatic carbocycles. The largest absolute Gasteiger partial charge is 0.416 e. The number of nitrogens with zero attached hydrogens (tertiary/aromatic N) is 4. The van der Waals surface area contributed by atoms with Crippen molar-refractivity contribution in [2.75, 3.05) is 37.7 Å². The van der Waals surface area contributed by atoms with Crippen LogP contribution >= 0.6 is 0 Å². The predicted molar refractivity (Wildman–Crippen MR) is 129 cm³/mol. The van der Waals surface area contributed by atoms with Gasteiger partial charge in [0.15, 0.2) is 0 Å². The number of allylic oxidation sites excluding steroid dienone is 2. The molecule has 1 saturated heterocycles. The molecule has 2 aliphatic heterocycles. The SMILES string of the molecule is CC1C=CC=C(CN2CCOCC2)N1c1cccc2cnn(-c3cccc(C(F)(F)F)c3)c(=O)c12. The van der Waals surface area contributed by atoms with Crippen LogP contribution in [0.15, 0.2) is 77.4 Å². The van der Waals surface area contributed by atoms with Crippen LogP contribution in [0.3, 0.4) is 0 Å². The molecule has 0 saturated carbocycles. The van der Waals surface area contributed by atoms with E-state index >= 15 is 0 Å². The first-order valence-corrected chi connectivity index (χ1v) is 11.5. The molecule has 2 aromatic carbocycles. The highest BCUT2D eigenvalue weighted by Crippen LogP contribution is 2.32. The van der Waals surface area contributed by atoms with E-state index in [-0.39, 0.29) is 11.7 Å². The number of aromatic nitrogens is 2. The van der Waals surface area contributed by atoms with E-state index in [1.807, 2.05) is 37.3 Å². The fraction of sp³-hybridized carbons (Fsp3) is 0.308. The average Bonchev–Trinajstić information content (AvgIpc) is 2.84. The lowest BCUT2D eigenvalue weighted by atomic mass is 10.1. The summed E-state index contributed by atoms with van der Waals surface area (Å²) in [4.78, 5) is 18.1. The van der Waals surface area contributed by atoms with E-state index in [9.17, 15) is 18.0 Å². The van der Waals surface area contributed by atoms with E-state index in [4.69, 9.17) is 4.74 Å². The molecule has 6 nitrogen and oxygen atoms in total. The molecular weight excluding hydrogens is 457 g/mol. The van der Waals surface area contributed by atoms with Gasteiger partial charge in [-0.1, -0.05) is 30.4 Å². The zero-order chi connectivity index (χ0) is 24.6. The Hall–Kier alpha value is -3.43. The number of anilines is 1. The van der Waals surface area contributed by atoms with Crippen LogP contribution in [0, 0.1) is 0 Å². The molecule has 3 aromatic rings. The Bertz CT molecular complexity index is 1360.